The molecule has 0 spiro atoms. The molecular weight excluding hydrogens is 285 g/mol. The van der Waals surface area contributed by atoms with Crippen molar-refractivity contribution in [3.8, 4) is 5.75 Å². The standard InChI is InChI=1S/C17H16FNO3/c1-12(20)19-15-7-9-16(10-8-15)22-17(21)11-4-13-2-5-14(18)6-3-13/h2-3,5-10H,4,11H2,1H3,(H,19,20). The van der Waals surface area contributed by atoms with E-state index in [1.807, 2.05) is 0 Å². The number of halogens is 1. The second kappa shape index (κ2) is 7.36. The maximum absolute atomic E-state index is 12.8. The summed E-state index contributed by atoms with van der Waals surface area (Å²) in [6.07, 6.45) is 0.697. The normalized spacial score (nSPS) is 10.1. The molecule has 0 unspecified atom stereocenters. The summed E-state index contributed by atoms with van der Waals surface area (Å²) >= 11 is 0. The summed E-state index contributed by atoms with van der Waals surface area (Å²) < 4.78 is 18.0. The Morgan fingerprint density at radius 2 is 1.68 bits per heavy atom. The third-order valence-electron chi connectivity index (χ3n) is 2.94. The zero-order valence-electron chi connectivity index (χ0n) is 12.1. The van der Waals surface area contributed by atoms with Crippen LogP contribution >= 0.6 is 0 Å². The summed E-state index contributed by atoms with van der Waals surface area (Å²) in [5.74, 6) is -0.413. The second-order valence-corrected chi connectivity index (χ2v) is 4.81. The van der Waals surface area contributed by atoms with Gasteiger partial charge in [0.1, 0.15) is 11.6 Å². The Bertz CT molecular complexity index is 651. The molecule has 5 heteroatoms. The minimum atomic E-state index is -0.364. The van der Waals surface area contributed by atoms with Gasteiger partial charge in [0, 0.05) is 19.0 Å². The minimum Gasteiger partial charge on any atom is -0.427 e. The third kappa shape index (κ3) is 5.01. The van der Waals surface area contributed by atoms with E-state index in [9.17, 15) is 14.0 Å². The van der Waals surface area contributed by atoms with Gasteiger partial charge in [-0.15, -0.1) is 0 Å². The number of esters is 1. The second-order valence-electron chi connectivity index (χ2n) is 4.81. The highest BCUT2D eigenvalue weighted by molar-refractivity contribution is 5.88. The Labute approximate surface area is 127 Å². The van der Waals surface area contributed by atoms with E-state index in [4.69, 9.17) is 4.74 Å². The van der Waals surface area contributed by atoms with Gasteiger partial charge in [0.15, 0.2) is 0 Å². The maximum Gasteiger partial charge on any atom is 0.311 e. The molecular formula is C17H16FNO3. The summed E-state index contributed by atoms with van der Waals surface area (Å²) in [4.78, 5) is 22.6. The van der Waals surface area contributed by atoms with E-state index >= 15 is 0 Å². The van der Waals surface area contributed by atoms with Crippen molar-refractivity contribution in [1.29, 1.82) is 0 Å². The fraction of sp³-hybridized carbons (Fsp3) is 0.176. The first-order valence-corrected chi connectivity index (χ1v) is 6.86. The van der Waals surface area contributed by atoms with Crippen LogP contribution in [-0.2, 0) is 16.0 Å². The molecule has 114 valence electrons. The average Bonchev–Trinajstić information content (AvgIpc) is 2.48. The largest absolute Gasteiger partial charge is 0.427 e. The smallest absolute Gasteiger partial charge is 0.311 e. The van der Waals surface area contributed by atoms with Gasteiger partial charge < -0.3 is 10.1 Å². The van der Waals surface area contributed by atoms with Crippen LogP contribution < -0.4 is 10.1 Å². The van der Waals surface area contributed by atoms with E-state index < -0.39 is 0 Å². The Kier molecular flexibility index (Phi) is 5.25. The minimum absolute atomic E-state index is 0.163. The van der Waals surface area contributed by atoms with Crippen LogP contribution in [0.1, 0.15) is 18.9 Å². The molecule has 1 amide bonds. The molecule has 0 heterocycles. The molecule has 0 saturated carbocycles. The third-order valence-corrected chi connectivity index (χ3v) is 2.94. The lowest BCUT2D eigenvalue weighted by Gasteiger charge is -2.06. The lowest BCUT2D eigenvalue weighted by molar-refractivity contribution is -0.134. The molecule has 22 heavy (non-hydrogen) atoms. The van der Waals surface area contributed by atoms with E-state index in [-0.39, 0.29) is 24.1 Å². The number of nitrogens with one attached hydrogen (secondary N) is 1. The van der Waals surface area contributed by atoms with E-state index in [1.54, 1.807) is 36.4 Å². The number of amides is 1. The summed E-state index contributed by atoms with van der Waals surface area (Å²) in [7, 11) is 0. The van der Waals surface area contributed by atoms with Gasteiger partial charge in [-0.3, -0.25) is 9.59 Å². The lowest BCUT2D eigenvalue weighted by Crippen LogP contribution is -2.09. The molecule has 2 aromatic rings. The Balaban J connectivity index is 1.83. The van der Waals surface area contributed by atoms with E-state index in [0.29, 0.717) is 17.9 Å². The number of carbonyl (C=O) groups excluding carboxylic acids is 2. The van der Waals surface area contributed by atoms with Gasteiger partial charge in [-0.25, -0.2) is 4.39 Å². The predicted molar refractivity (Wildman–Crippen MR) is 81.1 cm³/mol. The van der Waals surface area contributed by atoms with E-state index in [1.165, 1.54) is 19.1 Å². The molecule has 0 bridgehead atoms. The number of ether oxygens (including phenoxy) is 1. The first kappa shape index (κ1) is 15.7. The summed E-state index contributed by atoms with van der Waals surface area (Å²) in [6, 6.07) is 12.6. The molecule has 2 aromatic carbocycles. The summed E-state index contributed by atoms with van der Waals surface area (Å²) in [6.45, 7) is 1.42. The SMILES string of the molecule is CC(=O)Nc1ccc(OC(=O)CCc2ccc(F)cc2)cc1. The number of benzene rings is 2. The molecule has 0 atom stereocenters. The van der Waals surface area contributed by atoms with Crippen molar-refractivity contribution in [2.24, 2.45) is 0 Å². The molecule has 4 nitrogen and oxygen atoms in total. The highest BCUT2D eigenvalue weighted by Crippen LogP contribution is 2.16. The highest BCUT2D eigenvalue weighted by Gasteiger charge is 2.06. The van der Waals surface area contributed by atoms with Crippen molar-refractivity contribution in [2.45, 2.75) is 19.8 Å². The number of hydrogen-bond donors (Lipinski definition) is 1. The van der Waals surface area contributed by atoms with Crippen molar-refractivity contribution < 1.29 is 18.7 Å². The van der Waals surface area contributed by atoms with Crippen LogP contribution in [-0.4, -0.2) is 11.9 Å². The van der Waals surface area contributed by atoms with Gasteiger partial charge in [0.2, 0.25) is 5.91 Å². The Morgan fingerprint density at radius 1 is 1.05 bits per heavy atom. The van der Waals surface area contributed by atoms with Crippen LogP contribution in [0, 0.1) is 5.82 Å². The van der Waals surface area contributed by atoms with Crippen LogP contribution in [0.3, 0.4) is 0 Å². The van der Waals surface area contributed by atoms with Crippen molar-refractivity contribution >= 4 is 17.6 Å². The van der Waals surface area contributed by atoms with Gasteiger partial charge in [0.25, 0.3) is 0 Å². The number of aryl methyl sites for hydroxylation is 1. The quantitative estimate of drug-likeness (QED) is 0.681. The predicted octanol–water partition coefficient (Wildman–Crippen LogP) is 3.32. The fourth-order valence-corrected chi connectivity index (χ4v) is 1.89. The zero-order valence-corrected chi connectivity index (χ0v) is 12.1. The Morgan fingerprint density at radius 3 is 2.27 bits per heavy atom. The topological polar surface area (TPSA) is 55.4 Å². The molecule has 0 aliphatic rings. The molecule has 1 N–H and O–H groups in total. The fourth-order valence-electron chi connectivity index (χ4n) is 1.89. The van der Waals surface area contributed by atoms with Gasteiger partial charge in [-0.05, 0) is 48.4 Å². The monoisotopic (exact) mass is 301 g/mol. The Hall–Kier alpha value is -2.69. The van der Waals surface area contributed by atoms with Crippen LogP contribution in [0.2, 0.25) is 0 Å². The first-order chi connectivity index (χ1) is 10.5. The molecule has 0 saturated heterocycles. The van der Waals surface area contributed by atoms with Gasteiger partial charge in [0.05, 0.1) is 0 Å². The molecule has 0 radical (unpaired) electrons. The van der Waals surface area contributed by atoms with E-state index in [0.717, 1.165) is 5.56 Å². The van der Waals surface area contributed by atoms with Crippen LogP contribution in [0.25, 0.3) is 0 Å². The number of rotatable bonds is 5. The lowest BCUT2D eigenvalue weighted by atomic mass is 10.1. The van der Waals surface area contributed by atoms with Gasteiger partial charge in [-0.2, -0.15) is 0 Å². The first-order valence-electron chi connectivity index (χ1n) is 6.86. The molecule has 0 aliphatic heterocycles. The zero-order chi connectivity index (χ0) is 15.9. The highest BCUT2D eigenvalue weighted by atomic mass is 19.1. The van der Waals surface area contributed by atoms with Crippen molar-refractivity contribution in [3.05, 3.63) is 59.9 Å². The molecule has 0 aliphatic carbocycles. The van der Waals surface area contributed by atoms with Crippen LogP contribution in [0.15, 0.2) is 48.5 Å². The maximum atomic E-state index is 12.8. The molecule has 0 aromatic heterocycles. The van der Waals surface area contributed by atoms with Gasteiger partial charge >= 0.3 is 5.97 Å². The number of carbonyl (C=O) groups is 2. The molecule has 0 fully saturated rings. The summed E-state index contributed by atoms with van der Waals surface area (Å²) in [5.41, 5.74) is 1.51. The van der Waals surface area contributed by atoms with Crippen LogP contribution in [0.4, 0.5) is 10.1 Å². The average molecular weight is 301 g/mol. The van der Waals surface area contributed by atoms with Crippen molar-refractivity contribution in [2.75, 3.05) is 5.32 Å². The van der Waals surface area contributed by atoms with Gasteiger partial charge in [-0.1, -0.05) is 12.1 Å². The van der Waals surface area contributed by atoms with Crippen molar-refractivity contribution in [3.63, 3.8) is 0 Å². The molecule has 2 rings (SSSR count). The summed E-state index contributed by atoms with van der Waals surface area (Å²) in [5, 5.41) is 2.63. The van der Waals surface area contributed by atoms with Crippen molar-refractivity contribution in [1.82, 2.24) is 0 Å². The van der Waals surface area contributed by atoms with Crippen LogP contribution in [0.5, 0.6) is 5.75 Å². The van der Waals surface area contributed by atoms with E-state index in [2.05, 4.69) is 5.32 Å². The number of anilines is 1. The number of hydrogen-bond acceptors (Lipinski definition) is 3.